The number of fused-ring (bicyclic) bond motifs is 1. The predicted octanol–water partition coefficient (Wildman–Crippen LogP) is 4.16. The number of anilines is 1. The van der Waals surface area contributed by atoms with Crippen molar-refractivity contribution < 1.29 is 4.79 Å². The zero-order valence-electron chi connectivity index (χ0n) is 14.0. The minimum absolute atomic E-state index is 0.0313. The fourth-order valence-electron chi connectivity index (χ4n) is 3.15. The summed E-state index contributed by atoms with van der Waals surface area (Å²) in [6.07, 6.45) is 3.31. The molecule has 1 aromatic heterocycles. The number of nitrogens with one attached hydrogen (secondary N) is 1. The summed E-state index contributed by atoms with van der Waals surface area (Å²) >= 11 is 0. The second-order valence-electron chi connectivity index (χ2n) is 6.30. The number of carbonyl (C=O) groups excluding carboxylic acids is 1. The number of carbonyl (C=O) groups is 1. The van der Waals surface area contributed by atoms with E-state index in [1.165, 1.54) is 5.56 Å². The standard InChI is InChI=1S/C21H19N3O/c1-15-8-10-16(11-9-15)14-24-20(17-5-4-12-22-13-17)23-19-7-3-2-6-18(19)21(24)25/h2-13,20,23H,14H2,1H3/t20-/m0/s1. The van der Waals surface area contributed by atoms with Crippen molar-refractivity contribution in [1.29, 1.82) is 0 Å². The zero-order chi connectivity index (χ0) is 17.2. The first-order valence-electron chi connectivity index (χ1n) is 8.34. The Morgan fingerprint density at radius 2 is 1.84 bits per heavy atom. The lowest BCUT2D eigenvalue weighted by atomic mass is 10.0. The summed E-state index contributed by atoms with van der Waals surface area (Å²) in [7, 11) is 0. The molecule has 1 N–H and O–H groups in total. The SMILES string of the molecule is Cc1ccc(CN2C(=O)c3ccccc3N[C@@H]2c2cccnc2)cc1. The Morgan fingerprint density at radius 3 is 2.60 bits per heavy atom. The monoisotopic (exact) mass is 329 g/mol. The van der Waals surface area contributed by atoms with E-state index in [1.807, 2.05) is 41.3 Å². The van der Waals surface area contributed by atoms with E-state index in [1.54, 1.807) is 12.4 Å². The molecule has 1 atom stereocenters. The highest BCUT2D eigenvalue weighted by Gasteiger charge is 2.32. The Labute approximate surface area is 147 Å². The van der Waals surface area contributed by atoms with Crippen molar-refractivity contribution in [2.45, 2.75) is 19.6 Å². The van der Waals surface area contributed by atoms with Gasteiger partial charge in [-0.1, -0.05) is 48.0 Å². The molecule has 0 bridgehead atoms. The average Bonchev–Trinajstić information content (AvgIpc) is 2.66. The molecule has 1 aliphatic heterocycles. The van der Waals surface area contributed by atoms with E-state index in [2.05, 4.69) is 41.5 Å². The summed E-state index contributed by atoms with van der Waals surface area (Å²) in [4.78, 5) is 19.2. The molecule has 4 nitrogen and oxygen atoms in total. The third kappa shape index (κ3) is 2.98. The molecule has 0 fully saturated rings. The molecule has 3 aromatic rings. The molecule has 0 spiro atoms. The molecular weight excluding hydrogens is 310 g/mol. The third-order valence-corrected chi connectivity index (χ3v) is 4.50. The molecule has 2 heterocycles. The minimum atomic E-state index is -0.239. The van der Waals surface area contributed by atoms with Crippen LogP contribution in [0, 0.1) is 6.92 Å². The molecule has 4 rings (SSSR count). The van der Waals surface area contributed by atoms with Gasteiger partial charge in [0.25, 0.3) is 5.91 Å². The molecule has 1 amide bonds. The van der Waals surface area contributed by atoms with Crippen LogP contribution in [0.2, 0.25) is 0 Å². The molecule has 0 aliphatic carbocycles. The molecule has 0 unspecified atom stereocenters. The van der Waals surface area contributed by atoms with Crippen LogP contribution in [0.15, 0.2) is 73.1 Å². The number of aryl methyl sites for hydroxylation is 1. The lowest BCUT2D eigenvalue weighted by molar-refractivity contribution is 0.0666. The van der Waals surface area contributed by atoms with Gasteiger partial charge in [0, 0.05) is 30.2 Å². The van der Waals surface area contributed by atoms with Crippen LogP contribution in [-0.4, -0.2) is 15.8 Å². The van der Waals surface area contributed by atoms with Gasteiger partial charge in [-0.25, -0.2) is 0 Å². The fourth-order valence-corrected chi connectivity index (χ4v) is 3.15. The summed E-state index contributed by atoms with van der Waals surface area (Å²) in [5, 5.41) is 3.49. The lowest BCUT2D eigenvalue weighted by Crippen LogP contribution is -2.42. The number of hydrogen-bond donors (Lipinski definition) is 1. The van der Waals surface area contributed by atoms with Crippen LogP contribution in [0.25, 0.3) is 0 Å². The number of para-hydroxylation sites is 1. The number of benzene rings is 2. The van der Waals surface area contributed by atoms with Crippen molar-refractivity contribution in [2.24, 2.45) is 0 Å². The van der Waals surface area contributed by atoms with E-state index in [0.717, 1.165) is 16.8 Å². The summed E-state index contributed by atoms with van der Waals surface area (Å²) in [6.45, 7) is 2.60. The highest BCUT2D eigenvalue weighted by Crippen LogP contribution is 2.33. The van der Waals surface area contributed by atoms with Crippen molar-refractivity contribution >= 4 is 11.6 Å². The van der Waals surface area contributed by atoms with Crippen LogP contribution in [0.3, 0.4) is 0 Å². The fraction of sp³-hybridized carbons (Fsp3) is 0.143. The first-order valence-corrected chi connectivity index (χ1v) is 8.34. The maximum atomic E-state index is 13.1. The normalized spacial score (nSPS) is 16.3. The summed E-state index contributed by atoms with van der Waals surface area (Å²) in [5.41, 5.74) is 4.85. The van der Waals surface area contributed by atoms with Crippen LogP contribution in [0.4, 0.5) is 5.69 Å². The highest BCUT2D eigenvalue weighted by atomic mass is 16.2. The Bertz CT molecular complexity index is 891. The van der Waals surface area contributed by atoms with Gasteiger partial charge in [0.1, 0.15) is 6.17 Å². The molecule has 0 saturated heterocycles. The quantitative estimate of drug-likeness (QED) is 0.785. The van der Waals surface area contributed by atoms with Crippen molar-refractivity contribution in [3.63, 3.8) is 0 Å². The van der Waals surface area contributed by atoms with Gasteiger partial charge in [0.2, 0.25) is 0 Å². The van der Waals surface area contributed by atoms with Crippen molar-refractivity contribution in [1.82, 2.24) is 9.88 Å². The van der Waals surface area contributed by atoms with Crippen LogP contribution in [-0.2, 0) is 6.54 Å². The van der Waals surface area contributed by atoms with Gasteiger partial charge in [-0.3, -0.25) is 9.78 Å². The Morgan fingerprint density at radius 1 is 1.04 bits per heavy atom. The number of nitrogens with zero attached hydrogens (tertiary/aromatic N) is 2. The first kappa shape index (κ1) is 15.4. The molecule has 4 heteroatoms. The van der Waals surface area contributed by atoms with Crippen LogP contribution in [0.1, 0.15) is 33.2 Å². The van der Waals surface area contributed by atoms with Crippen LogP contribution >= 0.6 is 0 Å². The van der Waals surface area contributed by atoms with Gasteiger partial charge >= 0.3 is 0 Å². The van der Waals surface area contributed by atoms with Crippen molar-refractivity contribution in [2.75, 3.05) is 5.32 Å². The summed E-state index contributed by atoms with van der Waals surface area (Å²) < 4.78 is 0. The maximum absolute atomic E-state index is 13.1. The largest absolute Gasteiger partial charge is 0.361 e. The van der Waals surface area contributed by atoms with E-state index in [-0.39, 0.29) is 12.1 Å². The van der Waals surface area contributed by atoms with Gasteiger partial charge in [-0.05, 0) is 30.7 Å². The van der Waals surface area contributed by atoms with E-state index in [9.17, 15) is 4.79 Å². The topological polar surface area (TPSA) is 45.2 Å². The second-order valence-corrected chi connectivity index (χ2v) is 6.30. The molecule has 25 heavy (non-hydrogen) atoms. The van der Waals surface area contributed by atoms with E-state index >= 15 is 0 Å². The number of rotatable bonds is 3. The van der Waals surface area contributed by atoms with Crippen molar-refractivity contribution in [3.05, 3.63) is 95.3 Å². The molecule has 124 valence electrons. The maximum Gasteiger partial charge on any atom is 0.258 e. The molecule has 2 aromatic carbocycles. The van der Waals surface area contributed by atoms with Gasteiger partial charge in [0.05, 0.1) is 5.56 Å². The minimum Gasteiger partial charge on any atom is -0.361 e. The third-order valence-electron chi connectivity index (χ3n) is 4.50. The first-order chi connectivity index (χ1) is 12.2. The van der Waals surface area contributed by atoms with Crippen LogP contribution < -0.4 is 5.32 Å². The second kappa shape index (κ2) is 6.40. The molecule has 0 saturated carbocycles. The summed E-state index contributed by atoms with van der Waals surface area (Å²) in [5.74, 6) is 0.0313. The smallest absolute Gasteiger partial charge is 0.258 e. The Kier molecular flexibility index (Phi) is 3.94. The number of amides is 1. The van der Waals surface area contributed by atoms with Gasteiger partial charge < -0.3 is 10.2 Å². The van der Waals surface area contributed by atoms with Crippen LogP contribution in [0.5, 0.6) is 0 Å². The number of hydrogen-bond acceptors (Lipinski definition) is 3. The molecule has 1 aliphatic rings. The van der Waals surface area contributed by atoms with Gasteiger partial charge in [-0.2, -0.15) is 0 Å². The van der Waals surface area contributed by atoms with E-state index in [0.29, 0.717) is 12.1 Å². The average molecular weight is 329 g/mol. The molecule has 0 radical (unpaired) electrons. The lowest BCUT2D eigenvalue weighted by Gasteiger charge is -2.38. The van der Waals surface area contributed by atoms with Crippen molar-refractivity contribution in [3.8, 4) is 0 Å². The van der Waals surface area contributed by atoms with E-state index < -0.39 is 0 Å². The van der Waals surface area contributed by atoms with E-state index in [4.69, 9.17) is 0 Å². The Balaban J connectivity index is 1.74. The highest BCUT2D eigenvalue weighted by molar-refractivity contribution is 6.01. The zero-order valence-corrected chi connectivity index (χ0v) is 14.0. The predicted molar refractivity (Wildman–Crippen MR) is 98.1 cm³/mol. The number of aromatic nitrogens is 1. The van der Waals surface area contributed by atoms with Gasteiger partial charge in [0.15, 0.2) is 0 Å². The number of pyridine rings is 1. The Hall–Kier alpha value is -3.14. The molecular formula is C21H19N3O. The van der Waals surface area contributed by atoms with Gasteiger partial charge in [-0.15, -0.1) is 0 Å². The summed E-state index contributed by atoms with van der Waals surface area (Å²) in [6, 6.07) is 19.8.